The van der Waals surface area contributed by atoms with Crippen molar-refractivity contribution < 1.29 is 69.6 Å². The molecule has 2 spiro atoms. The quantitative estimate of drug-likeness (QED) is 0.162. The van der Waals surface area contributed by atoms with Crippen molar-refractivity contribution >= 4 is 0 Å². The molecule has 5 aliphatic carbocycles. The topological polar surface area (TPSA) is 228 Å². The minimum absolute atomic E-state index is 0.0633. The average molecular weight is 785 g/mol. The molecule has 8 rings (SSSR count). The summed E-state index contributed by atoms with van der Waals surface area (Å²) >= 11 is 0. The van der Waals surface area contributed by atoms with E-state index in [0.29, 0.717) is 25.7 Å². The number of aliphatic hydroxyl groups excluding tert-OH is 8. The SMILES string of the molecule is CC(C)(O)[C@@H]1CC[C@](C)([C@H]2[C@@H](O)C[C@@]3(C)[C@@H]4C[C@H](O[C@@H]5O[C@H](CO)[C@@H](O)[C@H](O)[C@H]5O)[C@H]5C(C)(C)[C@@H](O[C@H]6OC[C@@H](O)[C@H](O)[C@H]6O)CC[C@@]56C[C@@]46CC[C@]23C)O1. The summed E-state index contributed by atoms with van der Waals surface area (Å²) < 4.78 is 31.9. The van der Waals surface area contributed by atoms with Gasteiger partial charge in [0, 0.05) is 5.92 Å². The summed E-state index contributed by atoms with van der Waals surface area (Å²) in [7, 11) is 0. The first kappa shape index (κ1) is 41.2. The summed E-state index contributed by atoms with van der Waals surface area (Å²) in [4.78, 5) is 0. The first-order valence-electron chi connectivity index (χ1n) is 20.9. The Kier molecular flexibility index (Phi) is 9.90. The van der Waals surface area contributed by atoms with Crippen LogP contribution in [-0.2, 0) is 23.7 Å². The van der Waals surface area contributed by atoms with E-state index in [4.69, 9.17) is 23.7 Å². The molecule has 3 aliphatic heterocycles. The Hall–Kier alpha value is -0.560. The molecule has 14 heteroatoms. The van der Waals surface area contributed by atoms with Crippen molar-refractivity contribution in [1.82, 2.24) is 0 Å². The van der Waals surface area contributed by atoms with Crippen molar-refractivity contribution in [2.75, 3.05) is 13.2 Å². The molecule has 3 heterocycles. The van der Waals surface area contributed by atoms with Crippen LogP contribution in [0.25, 0.3) is 0 Å². The molecule has 9 N–H and O–H groups in total. The van der Waals surface area contributed by atoms with Crippen molar-refractivity contribution in [3.05, 3.63) is 0 Å². The summed E-state index contributed by atoms with van der Waals surface area (Å²) in [6, 6.07) is 0. The summed E-state index contributed by atoms with van der Waals surface area (Å²) in [6.45, 7) is 13.8. The Morgan fingerprint density at radius 3 is 2.05 bits per heavy atom. The normalized spacial score (nSPS) is 58.7. The van der Waals surface area contributed by atoms with E-state index in [0.717, 1.165) is 32.1 Å². The van der Waals surface area contributed by atoms with Crippen LogP contribution < -0.4 is 0 Å². The Balaban J connectivity index is 1.15. The lowest BCUT2D eigenvalue weighted by Crippen LogP contribution is -2.65. The zero-order valence-corrected chi connectivity index (χ0v) is 33.6. The van der Waals surface area contributed by atoms with E-state index < -0.39 is 96.8 Å². The van der Waals surface area contributed by atoms with Gasteiger partial charge < -0.3 is 69.6 Å². The monoisotopic (exact) mass is 784 g/mol. The minimum Gasteiger partial charge on any atom is -0.394 e. The molecule has 14 nitrogen and oxygen atoms in total. The third-order valence-electron chi connectivity index (χ3n) is 17.6. The fourth-order valence-electron chi connectivity index (χ4n) is 14.9. The van der Waals surface area contributed by atoms with Gasteiger partial charge in [-0.2, -0.15) is 0 Å². The Morgan fingerprint density at radius 2 is 1.40 bits per heavy atom. The molecule has 8 aliphatic rings. The molecule has 3 saturated heterocycles. The van der Waals surface area contributed by atoms with Crippen LogP contribution in [0.3, 0.4) is 0 Å². The maximum atomic E-state index is 12.2. The van der Waals surface area contributed by atoms with E-state index in [2.05, 4.69) is 34.6 Å². The predicted molar refractivity (Wildman–Crippen MR) is 194 cm³/mol. The van der Waals surface area contributed by atoms with Crippen molar-refractivity contribution in [2.45, 2.75) is 197 Å². The molecular formula is C41H68O14. The molecule has 21 atom stereocenters. The van der Waals surface area contributed by atoms with Crippen molar-refractivity contribution in [1.29, 1.82) is 0 Å². The molecule has 0 aromatic heterocycles. The van der Waals surface area contributed by atoms with E-state index in [9.17, 15) is 46.0 Å². The van der Waals surface area contributed by atoms with Crippen LogP contribution in [0.2, 0.25) is 0 Å². The van der Waals surface area contributed by atoms with Gasteiger partial charge in [0.25, 0.3) is 0 Å². The highest BCUT2D eigenvalue weighted by molar-refractivity contribution is 5.33. The lowest BCUT2D eigenvalue weighted by molar-refractivity contribution is -0.339. The van der Waals surface area contributed by atoms with Gasteiger partial charge in [-0.25, -0.2) is 0 Å². The summed E-state index contributed by atoms with van der Waals surface area (Å²) in [6.07, 6.45) is -7.48. The Labute approximate surface area is 324 Å². The van der Waals surface area contributed by atoms with Crippen molar-refractivity contribution in [2.24, 2.45) is 44.8 Å². The van der Waals surface area contributed by atoms with Gasteiger partial charge in [-0.05, 0) is 117 Å². The van der Waals surface area contributed by atoms with Crippen LogP contribution in [0.5, 0.6) is 0 Å². The van der Waals surface area contributed by atoms with Gasteiger partial charge in [-0.1, -0.05) is 27.7 Å². The number of aliphatic hydroxyl groups is 9. The van der Waals surface area contributed by atoms with E-state index in [1.54, 1.807) is 13.8 Å². The standard InChI is InChI=1S/C41H68O14/c1-35(2)24(54-33-29(48)26(45)20(44)17-51-33)9-11-41-18-40(41)13-12-37(5)31(39(7)10-8-25(55-39)36(3,4)50)19(43)15-38(37,6)23(40)14-21(32(35)41)52-34-30(49)28(47)27(46)22(16-42)53-34/h19-34,42-50H,8-18H2,1-7H3/t19-,20+,21-,22+,23-,24-,25-,26-,27+,28-,29+,30+,31-,32-,33+,34+,37+,38-,39+,40-,41+/m0/s1. The van der Waals surface area contributed by atoms with Crippen LogP contribution in [0.1, 0.15) is 106 Å². The van der Waals surface area contributed by atoms with Crippen molar-refractivity contribution in [3.63, 3.8) is 0 Å². The average Bonchev–Trinajstić information content (AvgIpc) is 3.47. The molecule has 0 amide bonds. The molecule has 55 heavy (non-hydrogen) atoms. The number of hydrogen-bond donors (Lipinski definition) is 9. The van der Waals surface area contributed by atoms with E-state index >= 15 is 0 Å². The van der Waals surface area contributed by atoms with Crippen LogP contribution in [0, 0.1) is 44.8 Å². The Morgan fingerprint density at radius 1 is 0.709 bits per heavy atom. The zero-order valence-electron chi connectivity index (χ0n) is 33.6. The van der Waals surface area contributed by atoms with Crippen LogP contribution in [0.15, 0.2) is 0 Å². The zero-order chi connectivity index (χ0) is 40.1. The predicted octanol–water partition coefficient (Wildman–Crippen LogP) is 0.724. The molecule has 0 aromatic rings. The highest BCUT2D eigenvalue weighted by Gasteiger charge is 2.85. The molecule has 8 fully saturated rings. The third-order valence-corrected chi connectivity index (χ3v) is 17.6. The first-order chi connectivity index (χ1) is 25.5. The lowest BCUT2D eigenvalue weighted by atomic mass is 9.41. The van der Waals surface area contributed by atoms with Gasteiger partial charge in [0.05, 0.1) is 48.8 Å². The van der Waals surface area contributed by atoms with Crippen LogP contribution in [-0.4, -0.2) is 150 Å². The lowest BCUT2D eigenvalue weighted by Gasteiger charge is -2.65. The second-order valence-corrected chi connectivity index (χ2v) is 21.1. The fraction of sp³-hybridized carbons (Fsp3) is 1.00. The molecular weight excluding hydrogens is 716 g/mol. The van der Waals surface area contributed by atoms with Crippen molar-refractivity contribution in [3.8, 4) is 0 Å². The molecule has 0 aromatic carbocycles. The summed E-state index contributed by atoms with van der Waals surface area (Å²) in [5.41, 5.74) is -3.16. The first-order valence-corrected chi connectivity index (χ1v) is 20.9. The summed E-state index contributed by atoms with van der Waals surface area (Å²) in [5, 5.41) is 97.2. The van der Waals surface area contributed by atoms with Gasteiger partial charge >= 0.3 is 0 Å². The number of rotatable bonds is 7. The van der Waals surface area contributed by atoms with Gasteiger partial charge in [0.2, 0.25) is 0 Å². The number of hydrogen-bond acceptors (Lipinski definition) is 14. The smallest absolute Gasteiger partial charge is 0.186 e. The van der Waals surface area contributed by atoms with E-state index in [-0.39, 0.29) is 52.1 Å². The van der Waals surface area contributed by atoms with Crippen LogP contribution in [0.4, 0.5) is 0 Å². The van der Waals surface area contributed by atoms with Gasteiger partial charge in [-0.3, -0.25) is 0 Å². The number of fused-ring (bicyclic) bond motifs is 2. The molecule has 316 valence electrons. The Bertz CT molecular complexity index is 1460. The van der Waals surface area contributed by atoms with Gasteiger partial charge in [0.1, 0.15) is 42.7 Å². The highest BCUT2D eigenvalue weighted by Crippen LogP contribution is 2.89. The molecule has 0 bridgehead atoms. The highest BCUT2D eigenvalue weighted by atomic mass is 16.7. The number of ether oxygens (including phenoxy) is 5. The minimum atomic E-state index is -1.60. The van der Waals surface area contributed by atoms with E-state index in [1.165, 1.54) is 0 Å². The van der Waals surface area contributed by atoms with E-state index in [1.807, 2.05) is 0 Å². The van der Waals surface area contributed by atoms with Gasteiger partial charge in [0.15, 0.2) is 12.6 Å². The third kappa shape index (κ3) is 5.70. The molecule has 0 radical (unpaired) electrons. The second kappa shape index (κ2) is 13.2. The molecule has 0 unspecified atom stereocenters. The fourth-order valence-corrected chi connectivity index (χ4v) is 14.9. The second-order valence-electron chi connectivity index (χ2n) is 21.1. The van der Waals surface area contributed by atoms with Crippen LogP contribution >= 0.6 is 0 Å². The summed E-state index contributed by atoms with van der Waals surface area (Å²) in [5.74, 6) is -0.215. The maximum absolute atomic E-state index is 12.2. The largest absolute Gasteiger partial charge is 0.394 e. The molecule has 5 saturated carbocycles. The maximum Gasteiger partial charge on any atom is 0.186 e. The van der Waals surface area contributed by atoms with Gasteiger partial charge in [-0.15, -0.1) is 0 Å².